The predicted molar refractivity (Wildman–Crippen MR) is 58.3 cm³/mol. The summed E-state index contributed by atoms with van der Waals surface area (Å²) in [4.78, 5) is 21.5. The minimum absolute atomic E-state index is 0.229. The highest BCUT2D eigenvalue weighted by molar-refractivity contribution is 7.85. The number of carboxylic acids is 1. The highest BCUT2D eigenvalue weighted by Crippen LogP contribution is 2.27. The number of nitrogens with one attached hydrogen (secondary N) is 1. The number of aliphatic carboxylic acids is 1. The minimum Gasteiger partial charge on any atom is -0.481 e. The van der Waals surface area contributed by atoms with Crippen LogP contribution in [0.5, 0.6) is 0 Å². The van der Waals surface area contributed by atoms with Crippen molar-refractivity contribution in [1.29, 1.82) is 0 Å². The topological polar surface area (TPSA) is 83.5 Å². The van der Waals surface area contributed by atoms with E-state index in [0.29, 0.717) is 0 Å². The molecule has 9 heteroatoms. The van der Waals surface area contributed by atoms with Crippen molar-refractivity contribution in [3.63, 3.8) is 0 Å². The second-order valence-corrected chi connectivity index (χ2v) is 5.41. The highest BCUT2D eigenvalue weighted by Gasteiger charge is 2.46. The molecule has 0 rings (SSSR count). The molecule has 0 saturated heterocycles. The van der Waals surface area contributed by atoms with Crippen molar-refractivity contribution >= 4 is 22.7 Å². The third-order valence-corrected chi connectivity index (χ3v) is 3.08. The number of rotatable bonds is 6. The summed E-state index contributed by atoms with van der Waals surface area (Å²) in [6, 6.07) is -0.229. The predicted octanol–water partition coefficient (Wildman–Crippen LogP) is 0.523. The zero-order chi connectivity index (χ0) is 14.5. The van der Waals surface area contributed by atoms with Gasteiger partial charge < -0.3 is 10.4 Å². The third kappa shape index (κ3) is 6.58. The lowest BCUT2D eigenvalue weighted by molar-refractivity contribution is -0.188. The zero-order valence-corrected chi connectivity index (χ0v) is 10.6. The Morgan fingerprint density at radius 3 is 2.17 bits per heavy atom. The van der Waals surface area contributed by atoms with Gasteiger partial charge in [-0.3, -0.25) is 13.8 Å². The van der Waals surface area contributed by atoms with E-state index in [-0.39, 0.29) is 6.04 Å². The monoisotopic (exact) mass is 289 g/mol. The molecule has 2 N–H and O–H groups in total. The van der Waals surface area contributed by atoms with Gasteiger partial charge >= 0.3 is 12.1 Å². The third-order valence-electron chi connectivity index (χ3n) is 1.79. The van der Waals surface area contributed by atoms with Crippen LogP contribution in [0.4, 0.5) is 13.2 Å². The van der Waals surface area contributed by atoms with Gasteiger partial charge in [0.05, 0.1) is 0 Å². The van der Waals surface area contributed by atoms with Crippen LogP contribution in [-0.2, 0) is 20.4 Å². The van der Waals surface area contributed by atoms with Crippen LogP contribution in [0, 0.1) is 5.92 Å². The lowest BCUT2D eigenvalue weighted by atomic mass is 10.2. The van der Waals surface area contributed by atoms with Crippen molar-refractivity contribution in [2.24, 2.45) is 5.92 Å². The van der Waals surface area contributed by atoms with Crippen molar-refractivity contribution in [2.45, 2.75) is 26.1 Å². The summed E-state index contributed by atoms with van der Waals surface area (Å²) in [6.07, 6.45) is -4.98. The van der Waals surface area contributed by atoms with E-state index in [1.54, 1.807) is 13.8 Å². The van der Waals surface area contributed by atoms with E-state index < -0.39 is 46.3 Å². The fourth-order valence-corrected chi connectivity index (χ4v) is 2.26. The normalized spacial score (nSPS) is 15.2. The van der Waals surface area contributed by atoms with Crippen LogP contribution in [0.1, 0.15) is 13.8 Å². The molecule has 0 saturated carbocycles. The Bertz CT molecular complexity index is 343. The van der Waals surface area contributed by atoms with Gasteiger partial charge in [-0.15, -0.1) is 0 Å². The number of carbonyl (C=O) groups is 2. The number of carboxylic acid groups (broad SMARTS) is 1. The summed E-state index contributed by atoms with van der Waals surface area (Å²) in [5.41, 5.74) is 0. The molecule has 0 aromatic carbocycles. The van der Waals surface area contributed by atoms with Crippen molar-refractivity contribution in [1.82, 2.24) is 5.32 Å². The van der Waals surface area contributed by atoms with Gasteiger partial charge in [0.1, 0.15) is 5.75 Å². The van der Waals surface area contributed by atoms with Crippen LogP contribution in [0.3, 0.4) is 0 Å². The number of hydrogen-bond acceptors (Lipinski definition) is 3. The number of hydrogen-bond donors (Lipinski definition) is 2. The van der Waals surface area contributed by atoms with E-state index in [0.717, 1.165) is 0 Å². The average molecular weight is 289 g/mol. The number of alkyl halides is 3. The summed E-state index contributed by atoms with van der Waals surface area (Å²) in [5.74, 6) is -7.25. The van der Waals surface area contributed by atoms with Crippen LogP contribution in [0.15, 0.2) is 0 Å². The molecule has 0 radical (unpaired) electrons. The Hall–Kier alpha value is -1.12. The van der Waals surface area contributed by atoms with E-state index in [1.165, 1.54) is 0 Å². The first-order chi connectivity index (χ1) is 8.04. The lowest BCUT2D eigenvalue weighted by Crippen LogP contribution is -2.38. The molecule has 0 aromatic heterocycles. The Balaban J connectivity index is 4.45. The molecule has 0 fully saturated rings. The van der Waals surface area contributed by atoms with Crippen molar-refractivity contribution in [3.8, 4) is 0 Å². The van der Waals surface area contributed by atoms with E-state index in [4.69, 9.17) is 5.11 Å². The first kappa shape index (κ1) is 16.9. The molecule has 0 aliphatic carbocycles. The standard InChI is InChI=1S/C9H14F3NO4S/c1-5(2)13-7(14)4-18(17)3-6(8(15)16)9(10,11)12/h5-6H,3-4H2,1-2H3,(H,13,14)(H,15,16). The van der Waals surface area contributed by atoms with Gasteiger partial charge in [0.2, 0.25) is 5.91 Å². The van der Waals surface area contributed by atoms with Gasteiger partial charge in [-0.2, -0.15) is 13.2 Å². The Kier molecular flexibility index (Phi) is 6.30. The minimum atomic E-state index is -4.98. The van der Waals surface area contributed by atoms with Crippen LogP contribution < -0.4 is 5.32 Å². The van der Waals surface area contributed by atoms with Crippen molar-refractivity contribution in [3.05, 3.63) is 0 Å². The van der Waals surface area contributed by atoms with Gasteiger partial charge in [0, 0.05) is 22.6 Å². The maximum absolute atomic E-state index is 12.3. The SMILES string of the molecule is CC(C)NC(=O)CS(=O)CC(C(=O)O)C(F)(F)F. The summed E-state index contributed by atoms with van der Waals surface area (Å²) in [5, 5.41) is 10.7. The molecule has 0 bridgehead atoms. The molecule has 0 heterocycles. The van der Waals surface area contributed by atoms with Gasteiger partial charge in [0.15, 0.2) is 5.92 Å². The zero-order valence-electron chi connectivity index (χ0n) is 9.78. The molecule has 106 valence electrons. The summed E-state index contributed by atoms with van der Waals surface area (Å²) >= 11 is 0. The van der Waals surface area contributed by atoms with Gasteiger partial charge in [-0.25, -0.2) is 0 Å². The molecule has 0 spiro atoms. The fourth-order valence-electron chi connectivity index (χ4n) is 1.06. The first-order valence-corrected chi connectivity index (χ1v) is 6.46. The molecule has 2 unspecified atom stereocenters. The molecule has 0 aliphatic heterocycles. The van der Waals surface area contributed by atoms with Gasteiger partial charge in [-0.05, 0) is 13.8 Å². The van der Waals surface area contributed by atoms with Crippen LogP contribution in [0.25, 0.3) is 0 Å². The summed E-state index contributed by atoms with van der Waals surface area (Å²) in [7, 11) is -2.18. The first-order valence-electron chi connectivity index (χ1n) is 4.98. The Labute approximate surface area is 104 Å². The van der Waals surface area contributed by atoms with E-state index in [1.807, 2.05) is 0 Å². The Morgan fingerprint density at radius 2 is 1.83 bits per heavy atom. The second kappa shape index (κ2) is 6.72. The van der Waals surface area contributed by atoms with E-state index in [9.17, 15) is 27.0 Å². The molecule has 18 heavy (non-hydrogen) atoms. The summed E-state index contributed by atoms with van der Waals surface area (Å²) in [6.45, 7) is 3.27. The fraction of sp³-hybridized carbons (Fsp3) is 0.778. The van der Waals surface area contributed by atoms with Crippen molar-refractivity contribution < 1.29 is 32.1 Å². The molecule has 0 aromatic rings. The average Bonchev–Trinajstić information content (AvgIpc) is 2.09. The molecule has 1 amide bonds. The number of amides is 1. The van der Waals surface area contributed by atoms with Crippen LogP contribution >= 0.6 is 0 Å². The molecule has 0 aliphatic rings. The molecule has 2 atom stereocenters. The maximum Gasteiger partial charge on any atom is 0.403 e. The molecular formula is C9H14F3NO4S. The Morgan fingerprint density at radius 1 is 1.33 bits per heavy atom. The molecular weight excluding hydrogens is 275 g/mol. The van der Waals surface area contributed by atoms with Crippen LogP contribution in [-0.4, -0.2) is 44.9 Å². The highest BCUT2D eigenvalue weighted by atomic mass is 32.2. The maximum atomic E-state index is 12.3. The van der Waals surface area contributed by atoms with Crippen molar-refractivity contribution in [2.75, 3.05) is 11.5 Å². The lowest BCUT2D eigenvalue weighted by Gasteiger charge is -2.15. The summed E-state index contributed by atoms with van der Waals surface area (Å²) < 4.78 is 48.1. The van der Waals surface area contributed by atoms with Gasteiger partial charge in [0.25, 0.3) is 0 Å². The van der Waals surface area contributed by atoms with Gasteiger partial charge in [-0.1, -0.05) is 0 Å². The van der Waals surface area contributed by atoms with E-state index in [2.05, 4.69) is 5.32 Å². The van der Waals surface area contributed by atoms with E-state index >= 15 is 0 Å². The quantitative estimate of drug-likeness (QED) is 0.747. The largest absolute Gasteiger partial charge is 0.481 e. The molecule has 5 nitrogen and oxygen atoms in total. The smallest absolute Gasteiger partial charge is 0.403 e. The van der Waals surface area contributed by atoms with Crippen LogP contribution in [0.2, 0.25) is 0 Å². The number of halogens is 3. The second-order valence-electron chi connectivity index (χ2n) is 3.91. The number of carbonyl (C=O) groups excluding carboxylic acids is 1.